The van der Waals surface area contributed by atoms with Crippen LogP contribution in [0.2, 0.25) is 0 Å². The first kappa shape index (κ1) is 12.8. The van der Waals surface area contributed by atoms with E-state index in [2.05, 4.69) is 5.32 Å². The lowest BCUT2D eigenvalue weighted by molar-refractivity contribution is 0.271. The van der Waals surface area contributed by atoms with Gasteiger partial charge in [-0.25, -0.2) is 4.39 Å². The van der Waals surface area contributed by atoms with E-state index < -0.39 is 6.17 Å². The van der Waals surface area contributed by atoms with E-state index in [4.69, 9.17) is 0 Å². The Morgan fingerprint density at radius 1 is 0.944 bits per heavy atom. The number of hydrogen-bond donors (Lipinski definition) is 1. The lowest BCUT2D eigenvalue weighted by Crippen LogP contribution is -2.27. The summed E-state index contributed by atoms with van der Waals surface area (Å²) in [5.74, 6) is 0. The predicted molar refractivity (Wildman–Crippen MR) is 73.0 cm³/mol. The third kappa shape index (κ3) is 3.41. The lowest BCUT2D eigenvalue weighted by atomic mass is 10.0. The Balaban J connectivity index is 2.04. The molecule has 0 fully saturated rings. The standard InChI is InChI=1S/C16H18FN/c1-13(17)16(15-10-6-3-7-11-15)18-12-14-8-4-2-5-9-14/h2-11,13,16,18H,12H2,1H3/t13-,16+/m1/s1. The second kappa shape index (κ2) is 6.31. The average Bonchev–Trinajstić information content (AvgIpc) is 2.41. The summed E-state index contributed by atoms with van der Waals surface area (Å²) in [6.45, 7) is 2.27. The molecule has 0 aliphatic carbocycles. The summed E-state index contributed by atoms with van der Waals surface area (Å²) >= 11 is 0. The van der Waals surface area contributed by atoms with Gasteiger partial charge in [-0.05, 0) is 18.1 Å². The van der Waals surface area contributed by atoms with E-state index in [0.717, 1.165) is 5.56 Å². The molecule has 0 aliphatic rings. The maximum atomic E-state index is 13.7. The van der Waals surface area contributed by atoms with Gasteiger partial charge in [0, 0.05) is 6.54 Å². The molecule has 2 atom stereocenters. The highest BCUT2D eigenvalue weighted by Gasteiger charge is 2.17. The van der Waals surface area contributed by atoms with Crippen LogP contribution >= 0.6 is 0 Å². The third-order valence-electron chi connectivity index (χ3n) is 2.99. The van der Waals surface area contributed by atoms with Crippen LogP contribution in [0.4, 0.5) is 4.39 Å². The second-order valence-electron chi connectivity index (χ2n) is 4.43. The van der Waals surface area contributed by atoms with E-state index in [0.29, 0.717) is 6.54 Å². The van der Waals surface area contributed by atoms with E-state index in [9.17, 15) is 4.39 Å². The molecular weight excluding hydrogens is 225 g/mol. The van der Waals surface area contributed by atoms with Crippen LogP contribution in [0, 0.1) is 0 Å². The van der Waals surface area contributed by atoms with Crippen molar-refractivity contribution in [2.45, 2.75) is 25.7 Å². The minimum Gasteiger partial charge on any atom is -0.303 e. The zero-order chi connectivity index (χ0) is 12.8. The van der Waals surface area contributed by atoms with E-state index in [-0.39, 0.29) is 6.04 Å². The van der Waals surface area contributed by atoms with Gasteiger partial charge >= 0.3 is 0 Å². The minimum atomic E-state index is -0.920. The Labute approximate surface area is 108 Å². The molecule has 0 heterocycles. The number of hydrogen-bond acceptors (Lipinski definition) is 1. The smallest absolute Gasteiger partial charge is 0.117 e. The molecule has 0 radical (unpaired) electrons. The number of rotatable bonds is 5. The van der Waals surface area contributed by atoms with Gasteiger partial charge in [-0.2, -0.15) is 0 Å². The quantitative estimate of drug-likeness (QED) is 0.840. The fraction of sp³-hybridized carbons (Fsp3) is 0.250. The van der Waals surface area contributed by atoms with E-state index >= 15 is 0 Å². The van der Waals surface area contributed by atoms with Crippen molar-refractivity contribution in [3.63, 3.8) is 0 Å². The molecule has 2 heteroatoms. The molecule has 1 nitrogen and oxygen atoms in total. The van der Waals surface area contributed by atoms with Crippen molar-refractivity contribution in [2.24, 2.45) is 0 Å². The third-order valence-corrected chi connectivity index (χ3v) is 2.99. The van der Waals surface area contributed by atoms with Crippen LogP contribution in [-0.4, -0.2) is 6.17 Å². The molecule has 18 heavy (non-hydrogen) atoms. The second-order valence-corrected chi connectivity index (χ2v) is 4.43. The zero-order valence-electron chi connectivity index (χ0n) is 10.5. The van der Waals surface area contributed by atoms with Crippen LogP contribution in [-0.2, 0) is 6.54 Å². The largest absolute Gasteiger partial charge is 0.303 e. The Hall–Kier alpha value is -1.67. The van der Waals surface area contributed by atoms with Gasteiger partial charge in [-0.15, -0.1) is 0 Å². The van der Waals surface area contributed by atoms with Crippen LogP contribution in [0.15, 0.2) is 60.7 Å². The molecule has 0 amide bonds. The fourth-order valence-electron chi connectivity index (χ4n) is 2.03. The molecular formula is C16H18FN. The molecule has 0 unspecified atom stereocenters. The van der Waals surface area contributed by atoms with Gasteiger partial charge in [0.2, 0.25) is 0 Å². The summed E-state index contributed by atoms with van der Waals surface area (Å²) in [5.41, 5.74) is 2.16. The highest BCUT2D eigenvalue weighted by atomic mass is 19.1. The summed E-state index contributed by atoms with van der Waals surface area (Å²) in [5, 5.41) is 3.28. The van der Waals surface area contributed by atoms with Crippen molar-refractivity contribution in [2.75, 3.05) is 0 Å². The Bertz CT molecular complexity index is 453. The number of alkyl halides is 1. The van der Waals surface area contributed by atoms with Crippen molar-refractivity contribution in [3.8, 4) is 0 Å². The van der Waals surface area contributed by atoms with E-state index in [1.165, 1.54) is 5.56 Å². The van der Waals surface area contributed by atoms with Crippen molar-refractivity contribution < 1.29 is 4.39 Å². The van der Waals surface area contributed by atoms with Gasteiger partial charge in [0.05, 0.1) is 6.04 Å². The molecule has 0 saturated heterocycles. The average molecular weight is 243 g/mol. The van der Waals surface area contributed by atoms with Gasteiger partial charge in [-0.3, -0.25) is 0 Å². The van der Waals surface area contributed by atoms with Gasteiger partial charge in [0.15, 0.2) is 0 Å². The summed E-state index contributed by atoms with van der Waals surface area (Å²) < 4.78 is 13.7. The normalized spacial score (nSPS) is 14.1. The van der Waals surface area contributed by atoms with Gasteiger partial charge in [0.25, 0.3) is 0 Å². The van der Waals surface area contributed by atoms with Crippen molar-refractivity contribution in [1.29, 1.82) is 0 Å². The predicted octanol–water partition coefficient (Wildman–Crippen LogP) is 3.88. The molecule has 2 aromatic rings. The summed E-state index contributed by atoms with van der Waals surface area (Å²) in [6.07, 6.45) is -0.920. The molecule has 1 N–H and O–H groups in total. The molecule has 0 saturated carbocycles. The van der Waals surface area contributed by atoms with Crippen molar-refractivity contribution in [1.82, 2.24) is 5.32 Å². The SMILES string of the molecule is C[C@@H](F)[C@H](NCc1ccccc1)c1ccccc1. The molecule has 2 rings (SSSR count). The maximum Gasteiger partial charge on any atom is 0.117 e. The number of nitrogens with one attached hydrogen (secondary N) is 1. The van der Waals surface area contributed by atoms with E-state index in [1.807, 2.05) is 60.7 Å². The number of halogens is 1. The summed E-state index contributed by atoms with van der Waals surface area (Å²) in [7, 11) is 0. The summed E-state index contributed by atoms with van der Waals surface area (Å²) in [4.78, 5) is 0. The van der Waals surface area contributed by atoms with Gasteiger partial charge < -0.3 is 5.32 Å². The van der Waals surface area contributed by atoms with Crippen LogP contribution in [0.1, 0.15) is 24.1 Å². The van der Waals surface area contributed by atoms with Gasteiger partial charge in [0.1, 0.15) is 6.17 Å². The topological polar surface area (TPSA) is 12.0 Å². The van der Waals surface area contributed by atoms with Crippen LogP contribution in [0.5, 0.6) is 0 Å². The Kier molecular flexibility index (Phi) is 4.48. The minimum absolute atomic E-state index is 0.258. The lowest BCUT2D eigenvalue weighted by Gasteiger charge is -2.20. The first-order valence-electron chi connectivity index (χ1n) is 6.23. The molecule has 94 valence electrons. The van der Waals surface area contributed by atoms with Gasteiger partial charge in [-0.1, -0.05) is 60.7 Å². The Morgan fingerprint density at radius 3 is 2.06 bits per heavy atom. The Morgan fingerprint density at radius 2 is 1.50 bits per heavy atom. The highest BCUT2D eigenvalue weighted by molar-refractivity contribution is 5.21. The highest BCUT2D eigenvalue weighted by Crippen LogP contribution is 2.19. The fourth-order valence-corrected chi connectivity index (χ4v) is 2.03. The molecule has 0 spiro atoms. The van der Waals surface area contributed by atoms with Crippen molar-refractivity contribution >= 4 is 0 Å². The number of benzene rings is 2. The first-order valence-corrected chi connectivity index (χ1v) is 6.23. The van der Waals surface area contributed by atoms with Crippen molar-refractivity contribution in [3.05, 3.63) is 71.8 Å². The van der Waals surface area contributed by atoms with E-state index in [1.54, 1.807) is 6.92 Å². The van der Waals surface area contributed by atoms with Crippen LogP contribution < -0.4 is 5.32 Å². The monoisotopic (exact) mass is 243 g/mol. The van der Waals surface area contributed by atoms with Crippen LogP contribution in [0.3, 0.4) is 0 Å². The maximum absolute atomic E-state index is 13.7. The molecule has 0 aromatic heterocycles. The molecule has 2 aromatic carbocycles. The van der Waals surface area contributed by atoms with Crippen LogP contribution in [0.25, 0.3) is 0 Å². The molecule has 0 bridgehead atoms. The summed E-state index contributed by atoms with van der Waals surface area (Å²) in [6, 6.07) is 19.5. The first-order chi connectivity index (χ1) is 8.77. The zero-order valence-corrected chi connectivity index (χ0v) is 10.5. The molecule has 0 aliphatic heterocycles.